The first-order valence-corrected chi connectivity index (χ1v) is 6.46. The summed E-state index contributed by atoms with van der Waals surface area (Å²) in [6, 6.07) is 5.89. The minimum absolute atomic E-state index is 0.461. The minimum atomic E-state index is 0.461. The predicted molar refractivity (Wildman–Crippen MR) is 75.4 cm³/mol. The van der Waals surface area contributed by atoms with Crippen molar-refractivity contribution in [2.75, 3.05) is 5.73 Å². The zero-order valence-corrected chi connectivity index (χ0v) is 10.9. The molecule has 5 heteroatoms. The predicted octanol–water partition coefficient (Wildman–Crippen LogP) is 2.75. The molecular formula is C13H17ClN4. The Labute approximate surface area is 111 Å². The second kappa shape index (κ2) is 5.98. The molecule has 0 bridgehead atoms. The number of halogens is 1. The summed E-state index contributed by atoms with van der Waals surface area (Å²) in [6.07, 6.45) is 6.69. The van der Waals surface area contributed by atoms with Crippen molar-refractivity contribution >= 4 is 28.3 Å². The third-order valence-corrected chi connectivity index (χ3v) is 3.26. The zero-order valence-electron chi connectivity index (χ0n) is 10.1. The van der Waals surface area contributed by atoms with Gasteiger partial charge in [-0.15, -0.1) is 0 Å². The van der Waals surface area contributed by atoms with Crippen LogP contribution in [0.2, 0.25) is 5.02 Å². The lowest BCUT2D eigenvalue weighted by molar-refractivity contribution is 0.704. The Balaban J connectivity index is 0.000000169. The van der Waals surface area contributed by atoms with Crippen LogP contribution in [0.15, 0.2) is 24.5 Å². The molecule has 1 aliphatic carbocycles. The molecule has 96 valence electrons. The van der Waals surface area contributed by atoms with Crippen molar-refractivity contribution in [3.05, 3.63) is 29.5 Å². The second-order valence-corrected chi connectivity index (χ2v) is 4.90. The van der Waals surface area contributed by atoms with Gasteiger partial charge in [0.15, 0.2) is 0 Å². The highest BCUT2D eigenvalue weighted by Gasteiger charge is 2.07. The average molecular weight is 265 g/mol. The first-order valence-electron chi connectivity index (χ1n) is 6.08. The number of rotatable bonds is 0. The van der Waals surface area contributed by atoms with Crippen LogP contribution >= 0.6 is 11.6 Å². The Morgan fingerprint density at radius 3 is 2.50 bits per heavy atom. The molecule has 0 radical (unpaired) electrons. The third kappa shape index (κ3) is 3.31. The summed E-state index contributed by atoms with van der Waals surface area (Å²) >= 11 is 5.78. The molecule has 2 aromatic rings. The number of anilines is 1. The molecule has 1 fully saturated rings. The molecule has 0 amide bonds. The molecule has 1 aromatic carbocycles. The van der Waals surface area contributed by atoms with Crippen molar-refractivity contribution < 1.29 is 0 Å². The van der Waals surface area contributed by atoms with Crippen molar-refractivity contribution in [3.8, 4) is 0 Å². The fourth-order valence-electron chi connectivity index (χ4n) is 2.01. The van der Waals surface area contributed by atoms with Crippen molar-refractivity contribution in [1.82, 2.24) is 9.97 Å². The van der Waals surface area contributed by atoms with Gasteiger partial charge >= 0.3 is 0 Å². The molecule has 4 nitrogen and oxygen atoms in total. The van der Waals surface area contributed by atoms with Crippen molar-refractivity contribution in [1.29, 1.82) is 0 Å². The van der Waals surface area contributed by atoms with E-state index in [1.807, 2.05) is 6.07 Å². The van der Waals surface area contributed by atoms with Gasteiger partial charge in [-0.3, -0.25) is 0 Å². The van der Waals surface area contributed by atoms with E-state index in [1.54, 1.807) is 12.1 Å². The second-order valence-electron chi connectivity index (χ2n) is 4.46. The molecule has 18 heavy (non-hydrogen) atoms. The lowest BCUT2D eigenvalue weighted by Gasteiger charge is -1.98. The van der Waals surface area contributed by atoms with Crippen LogP contribution in [0, 0.1) is 0 Å². The monoisotopic (exact) mass is 264 g/mol. The molecule has 3 rings (SSSR count). The molecule has 1 saturated carbocycles. The Hall–Kier alpha value is -1.39. The molecule has 0 aliphatic heterocycles. The van der Waals surface area contributed by atoms with Crippen LogP contribution in [0.3, 0.4) is 0 Å². The van der Waals surface area contributed by atoms with E-state index in [-0.39, 0.29) is 0 Å². The molecule has 1 heterocycles. The quantitative estimate of drug-likeness (QED) is 0.767. The van der Waals surface area contributed by atoms with Crippen LogP contribution in [-0.4, -0.2) is 16.0 Å². The van der Waals surface area contributed by atoms with Gasteiger partial charge in [0.2, 0.25) is 0 Å². The molecule has 0 spiro atoms. The number of nitrogens with zero attached hydrogens (tertiary/aromatic N) is 2. The summed E-state index contributed by atoms with van der Waals surface area (Å²) < 4.78 is 0. The molecule has 4 N–H and O–H groups in total. The van der Waals surface area contributed by atoms with Crippen LogP contribution in [0.1, 0.15) is 25.7 Å². The summed E-state index contributed by atoms with van der Waals surface area (Å²) in [6.45, 7) is 0. The van der Waals surface area contributed by atoms with Crippen LogP contribution in [0.25, 0.3) is 10.9 Å². The normalized spacial score (nSPS) is 15.4. The van der Waals surface area contributed by atoms with Crippen LogP contribution in [0.4, 0.5) is 5.82 Å². The van der Waals surface area contributed by atoms with Gasteiger partial charge in [0.05, 0.1) is 5.52 Å². The smallest absolute Gasteiger partial charge is 0.134 e. The average Bonchev–Trinajstić information content (AvgIpc) is 2.82. The number of hydrogen-bond donors (Lipinski definition) is 2. The fourth-order valence-corrected chi connectivity index (χ4v) is 2.18. The van der Waals surface area contributed by atoms with E-state index in [2.05, 4.69) is 9.97 Å². The molecule has 1 aromatic heterocycles. The molecule has 0 unspecified atom stereocenters. The molecule has 0 saturated heterocycles. The molecule has 1 aliphatic rings. The highest BCUT2D eigenvalue weighted by atomic mass is 35.5. The minimum Gasteiger partial charge on any atom is -0.383 e. The Morgan fingerprint density at radius 1 is 1.17 bits per heavy atom. The number of fused-ring (bicyclic) bond motifs is 1. The summed E-state index contributed by atoms with van der Waals surface area (Å²) in [7, 11) is 0. The third-order valence-electron chi connectivity index (χ3n) is 3.03. The van der Waals surface area contributed by atoms with Crippen LogP contribution in [0.5, 0.6) is 0 Å². The highest BCUT2D eigenvalue weighted by Crippen LogP contribution is 2.20. The first-order chi connectivity index (χ1) is 8.66. The number of nitrogen functional groups attached to an aromatic ring is 1. The lowest BCUT2D eigenvalue weighted by atomic mass is 10.2. The molecular weight excluding hydrogens is 248 g/mol. The van der Waals surface area contributed by atoms with Crippen molar-refractivity contribution in [2.45, 2.75) is 31.7 Å². The van der Waals surface area contributed by atoms with Gasteiger partial charge in [0.25, 0.3) is 0 Å². The summed E-state index contributed by atoms with van der Waals surface area (Å²) in [5.41, 5.74) is 12.0. The standard InChI is InChI=1S/C8H6ClN3.C5H11N/c9-5-1-2-7-6(3-5)8(10)12-4-11-7;6-5-3-1-2-4-5/h1-4H,(H2,10,11,12);5H,1-4,6H2. The summed E-state index contributed by atoms with van der Waals surface area (Å²) in [5.74, 6) is 0.461. The van der Waals surface area contributed by atoms with Crippen molar-refractivity contribution in [2.24, 2.45) is 5.73 Å². The first kappa shape index (κ1) is 13.1. The number of benzene rings is 1. The summed E-state index contributed by atoms with van der Waals surface area (Å²) in [5, 5.41) is 1.44. The van der Waals surface area contributed by atoms with E-state index in [4.69, 9.17) is 23.1 Å². The van der Waals surface area contributed by atoms with E-state index in [9.17, 15) is 0 Å². The SMILES string of the molecule is NC1CCCC1.Nc1ncnc2ccc(Cl)cc12. The van der Waals surface area contributed by atoms with E-state index in [0.29, 0.717) is 16.9 Å². The number of nitrogens with two attached hydrogens (primary N) is 2. The summed E-state index contributed by atoms with van der Waals surface area (Å²) in [4.78, 5) is 7.89. The van der Waals surface area contributed by atoms with Gasteiger partial charge in [0.1, 0.15) is 12.1 Å². The van der Waals surface area contributed by atoms with Gasteiger partial charge in [-0.2, -0.15) is 0 Å². The lowest BCUT2D eigenvalue weighted by Crippen LogP contribution is -2.13. The van der Waals surface area contributed by atoms with E-state index in [1.165, 1.54) is 32.0 Å². The zero-order chi connectivity index (χ0) is 13.0. The molecule has 0 atom stereocenters. The van der Waals surface area contributed by atoms with Crippen molar-refractivity contribution in [3.63, 3.8) is 0 Å². The number of aromatic nitrogens is 2. The highest BCUT2D eigenvalue weighted by molar-refractivity contribution is 6.31. The van der Waals surface area contributed by atoms with Gasteiger partial charge in [0, 0.05) is 16.5 Å². The number of hydrogen-bond acceptors (Lipinski definition) is 4. The van der Waals surface area contributed by atoms with Gasteiger partial charge in [-0.05, 0) is 31.0 Å². The van der Waals surface area contributed by atoms with E-state index in [0.717, 1.165) is 10.9 Å². The Bertz CT molecular complexity index is 523. The largest absolute Gasteiger partial charge is 0.383 e. The van der Waals surface area contributed by atoms with E-state index >= 15 is 0 Å². The van der Waals surface area contributed by atoms with Crippen LogP contribution in [-0.2, 0) is 0 Å². The van der Waals surface area contributed by atoms with Gasteiger partial charge in [-0.1, -0.05) is 24.4 Å². The fraction of sp³-hybridized carbons (Fsp3) is 0.385. The maximum atomic E-state index is 5.78. The Kier molecular flexibility index (Phi) is 4.33. The maximum absolute atomic E-state index is 5.78. The van der Waals surface area contributed by atoms with E-state index < -0.39 is 0 Å². The maximum Gasteiger partial charge on any atom is 0.134 e. The van der Waals surface area contributed by atoms with Crippen LogP contribution < -0.4 is 11.5 Å². The van der Waals surface area contributed by atoms with Gasteiger partial charge in [-0.25, -0.2) is 9.97 Å². The topological polar surface area (TPSA) is 77.8 Å². The Morgan fingerprint density at radius 2 is 1.89 bits per heavy atom. The van der Waals surface area contributed by atoms with Gasteiger partial charge < -0.3 is 11.5 Å².